The quantitative estimate of drug-likeness (QED) is 0.723. The highest BCUT2D eigenvalue weighted by atomic mass is 35.5. The van der Waals surface area contributed by atoms with Gasteiger partial charge in [-0.05, 0) is 38.0 Å². The predicted molar refractivity (Wildman–Crippen MR) is 108 cm³/mol. The van der Waals surface area contributed by atoms with E-state index in [1.807, 2.05) is 4.90 Å². The van der Waals surface area contributed by atoms with Crippen molar-refractivity contribution >= 4 is 52.2 Å². The number of hydrogen-bond acceptors (Lipinski definition) is 7. The highest BCUT2D eigenvalue weighted by molar-refractivity contribution is 6.36. The molecule has 0 saturated carbocycles. The number of carbonyl (C=O) groups is 1. The fraction of sp³-hybridized carbons (Fsp3) is 0.389. The van der Waals surface area contributed by atoms with Gasteiger partial charge in [-0.15, -0.1) is 0 Å². The Morgan fingerprint density at radius 1 is 1.41 bits per heavy atom. The first kappa shape index (κ1) is 19.5. The third-order valence-corrected chi connectivity index (χ3v) is 4.94. The fourth-order valence-corrected chi connectivity index (χ4v) is 3.53. The van der Waals surface area contributed by atoms with Crippen LogP contribution >= 0.6 is 23.2 Å². The first-order valence-electron chi connectivity index (χ1n) is 8.73. The highest BCUT2D eigenvalue weighted by Crippen LogP contribution is 2.34. The molecule has 27 heavy (non-hydrogen) atoms. The number of ether oxygens (including phenoxy) is 1. The third-order valence-electron chi connectivity index (χ3n) is 4.39. The molecule has 144 valence electrons. The lowest BCUT2D eigenvalue weighted by atomic mass is 9.98. The van der Waals surface area contributed by atoms with Crippen LogP contribution in [0, 0.1) is 5.92 Å². The summed E-state index contributed by atoms with van der Waals surface area (Å²) in [6.45, 7) is 3.46. The maximum Gasteiger partial charge on any atom is 0.310 e. The Labute approximate surface area is 167 Å². The van der Waals surface area contributed by atoms with Gasteiger partial charge in [0.15, 0.2) is 11.6 Å². The Morgan fingerprint density at radius 2 is 2.22 bits per heavy atom. The normalized spacial score (nSPS) is 16.9. The number of hydrogen-bond donors (Lipinski definition) is 2. The lowest BCUT2D eigenvalue weighted by Gasteiger charge is -2.33. The van der Waals surface area contributed by atoms with Crippen LogP contribution in [0.1, 0.15) is 19.8 Å². The smallest absolute Gasteiger partial charge is 0.310 e. The lowest BCUT2D eigenvalue weighted by molar-refractivity contribution is -0.148. The van der Waals surface area contributed by atoms with Crippen LogP contribution in [-0.2, 0) is 9.53 Å². The van der Waals surface area contributed by atoms with Crippen molar-refractivity contribution in [3.8, 4) is 0 Å². The lowest BCUT2D eigenvalue weighted by Crippen LogP contribution is -2.40. The topological polar surface area (TPSA) is 93.4 Å². The SMILES string of the molecule is CCOC(=O)C1CCCN(c2ncnc(Nc3ccc(Cl)cc3Cl)c2N)C1. The molecule has 1 aromatic heterocycles. The average molecular weight is 410 g/mol. The van der Waals surface area contributed by atoms with E-state index in [-0.39, 0.29) is 11.9 Å². The monoisotopic (exact) mass is 409 g/mol. The zero-order valence-electron chi connectivity index (χ0n) is 14.9. The summed E-state index contributed by atoms with van der Waals surface area (Å²) in [6.07, 6.45) is 3.09. The van der Waals surface area contributed by atoms with Crippen LogP contribution in [0.4, 0.5) is 23.0 Å². The molecule has 9 heteroatoms. The number of aromatic nitrogens is 2. The summed E-state index contributed by atoms with van der Waals surface area (Å²) in [7, 11) is 0. The van der Waals surface area contributed by atoms with Crippen LogP contribution in [0.5, 0.6) is 0 Å². The van der Waals surface area contributed by atoms with Crippen LogP contribution in [0.2, 0.25) is 10.0 Å². The highest BCUT2D eigenvalue weighted by Gasteiger charge is 2.29. The molecule has 1 fully saturated rings. The van der Waals surface area contributed by atoms with Crippen molar-refractivity contribution < 1.29 is 9.53 Å². The van der Waals surface area contributed by atoms with Crippen molar-refractivity contribution in [3.63, 3.8) is 0 Å². The molecule has 1 unspecified atom stereocenters. The van der Waals surface area contributed by atoms with Crippen molar-refractivity contribution in [2.24, 2.45) is 5.92 Å². The molecule has 1 aliphatic heterocycles. The van der Waals surface area contributed by atoms with Gasteiger partial charge in [0, 0.05) is 18.1 Å². The average Bonchev–Trinajstić information content (AvgIpc) is 2.66. The molecule has 1 aliphatic rings. The molecule has 1 saturated heterocycles. The Kier molecular flexibility index (Phi) is 6.23. The Bertz CT molecular complexity index is 833. The number of rotatable bonds is 5. The van der Waals surface area contributed by atoms with E-state index in [0.717, 1.165) is 19.4 Å². The molecule has 2 aromatic rings. The summed E-state index contributed by atoms with van der Waals surface area (Å²) in [5, 5.41) is 4.12. The summed E-state index contributed by atoms with van der Waals surface area (Å²) in [6, 6.07) is 5.12. The number of benzene rings is 1. The number of esters is 1. The van der Waals surface area contributed by atoms with Gasteiger partial charge in [-0.25, -0.2) is 9.97 Å². The molecule has 0 amide bonds. The van der Waals surface area contributed by atoms with E-state index in [4.69, 9.17) is 33.7 Å². The van der Waals surface area contributed by atoms with Crippen molar-refractivity contribution in [3.05, 3.63) is 34.6 Å². The summed E-state index contributed by atoms with van der Waals surface area (Å²) >= 11 is 12.1. The number of nitrogens with zero attached hydrogens (tertiary/aromatic N) is 3. The maximum atomic E-state index is 12.1. The van der Waals surface area contributed by atoms with Crippen molar-refractivity contribution in [2.75, 3.05) is 35.6 Å². The molecule has 0 bridgehead atoms. The van der Waals surface area contributed by atoms with Crippen LogP contribution in [0.25, 0.3) is 0 Å². The molecule has 0 radical (unpaired) electrons. The summed E-state index contributed by atoms with van der Waals surface area (Å²) < 4.78 is 5.15. The molecular formula is C18H21Cl2N5O2. The van der Waals surface area contributed by atoms with E-state index >= 15 is 0 Å². The number of nitrogen functional groups attached to an aromatic ring is 1. The molecule has 3 rings (SSSR count). The Morgan fingerprint density at radius 3 is 2.96 bits per heavy atom. The summed E-state index contributed by atoms with van der Waals surface area (Å²) in [5.74, 6) is 0.672. The largest absolute Gasteiger partial charge is 0.466 e. The Hall–Kier alpha value is -2.25. The molecule has 3 N–H and O–H groups in total. The summed E-state index contributed by atoms with van der Waals surface area (Å²) in [5.41, 5.74) is 7.34. The van der Waals surface area contributed by atoms with Gasteiger partial charge in [-0.1, -0.05) is 23.2 Å². The zero-order valence-corrected chi connectivity index (χ0v) is 16.4. The van der Waals surface area contributed by atoms with Crippen molar-refractivity contribution in [1.82, 2.24) is 9.97 Å². The Balaban J connectivity index is 1.81. The molecule has 1 atom stereocenters. The predicted octanol–water partition coefficient (Wildman–Crippen LogP) is 3.89. The van der Waals surface area contributed by atoms with E-state index in [1.54, 1.807) is 25.1 Å². The molecule has 2 heterocycles. The van der Waals surface area contributed by atoms with Gasteiger partial charge in [0.2, 0.25) is 0 Å². The van der Waals surface area contributed by atoms with Crippen LogP contribution in [-0.4, -0.2) is 35.6 Å². The molecule has 0 aliphatic carbocycles. The molecule has 7 nitrogen and oxygen atoms in total. The van der Waals surface area contributed by atoms with Crippen LogP contribution in [0.15, 0.2) is 24.5 Å². The minimum absolute atomic E-state index is 0.180. The van der Waals surface area contributed by atoms with E-state index in [0.29, 0.717) is 46.2 Å². The molecular weight excluding hydrogens is 389 g/mol. The van der Waals surface area contributed by atoms with Gasteiger partial charge in [-0.3, -0.25) is 4.79 Å². The second-order valence-corrected chi connectivity index (χ2v) is 7.09. The second-order valence-electron chi connectivity index (χ2n) is 6.25. The number of piperidine rings is 1. The minimum atomic E-state index is -0.185. The van der Waals surface area contributed by atoms with E-state index in [2.05, 4.69) is 15.3 Å². The number of nitrogens with one attached hydrogen (secondary N) is 1. The van der Waals surface area contributed by atoms with Gasteiger partial charge in [0.25, 0.3) is 0 Å². The van der Waals surface area contributed by atoms with Gasteiger partial charge >= 0.3 is 5.97 Å². The second kappa shape index (κ2) is 8.63. The zero-order chi connectivity index (χ0) is 19.4. The third kappa shape index (κ3) is 4.54. The van der Waals surface area contributed by atoms with E-state index < -0.39 is 0 Å². The minimum Gasteiger partial charge on any atom is -0.466 e. The number of halogens is 2. The standard InChI is InChI=1S/C18H21Cl2N5O2/c1-2-27-18(26)11-4-3-7-25(9-11)17-15(21)16(22-10-23-17)24-14-6-5-12(19)8-13(14)20/h5-6,8,10-11H,2-4,7,9,21H2,1H3,(H,22,23,24). The van der Waals surface area contributed by atoms with Crippen LogP contribution in [0.3, 0.4) is 0 Å². The van der Waals surface area contributed by atoms with Gasteiger partial charge < -0.3 is 20.7 Å². The van der Waals surface area contributed by atoms with Crippen molar-refractivity contribution in [1.29, 1.82) is 0 Å². The molecule has 1 aromatic carbocycles. The van der Waals surface area contributed by atoms with Gasteiger partial charge in [0.1, 0.15) is 12.0 Å². The van der Waals surface area contributed by atoms with Crippen molar-refractivity contribution in [2.45, 2.75) is 19.8 Å². The van der Waals surface area contributed by atoms with Gasteiger partial charge in [-0.2, -0.15) is 0 Å². The first-order valence-corrected chi connectivity index (χ1v) is 9.49. The van der Waals surface area contributed by atoms with Gasteiger partial charge in [0.05, 0.1) is 23.2 Å². The summed E-state index contributed by atoms with van der Waals surface area (Å²) in [4.78, 5) is 22.6. The van der Waals surface area contributed by atoms with E-state index in [1.165, 1.54) is 6.33 Å². The molecule has 0 spiro atoms. The number of carbonyl (C=O) groups excluding carboxylic acids is 1. The first-order chi connectivity index (χ1) is 13.0. The fourth-order valence-electron chi connectivity index (χ4n) is 3.08. The number of anilines is 4. The van der Waals surface area contributed by atoms with E-state index in [9.17, 15) is 4.79 Å². The number of nitrogens with two attached hydrogens (primary N) is 1. The van der Waals surface area contributed by atoms with Crippen LogP contribution < -0.4 is 16.0 Å². The maximum absolute atomic E-state index is 12.1.